The van der Waals surface area contributed by atoms with Crippen LogP contribution in [-0.4, -0.2) is 62.8 Å². The Morgan fingerprint density at radius 1 is 1.61 bits per heavy atom. The van der Waals surface area contributed by atoms with Gasteiger partial charge in [-0.1, -0.05) is 0 Å². The van der Waals surface area contributed by atoms with Crippen LogP contribution >= 0.6 is 0 Å². The van der Waals surface area contributed by atoms with Crippen LogP contribution < -0.4 is 5.32 Å². The Balaban J connectivity index is 2.18. The minimum Gasteiger partial charge on any atom is -0.466 e. The zero-order valence-corrected chi connectivity index (χ0v) is 11.1. The molecule has 0 spiro atoms. The van der Waals surface area contributed by atoms with Gasteiger partial charge in [0.1, 0.15) is 5.60 Å². The Labute approximate surface area is 108 Å². The van der Waals surface area contributed by atoms with Crippen molar-refractivity contribution < 1.29 is 24.1 Å². The SMILES string of the molecule is CCOC(=O)CC(O)CNCC1(OC)CCOC1. The van der Waals surface area contributed by atoms with Crippen LogP contribution in [0.5, 0.6) is 0 Å². The standard InChI is InChI=1S/C12H23NO5/c1-3-18-11(15)6-10(14)7-13-8-12(16-2)4-5-17-9-12/h10,13-14H,3-9H2,1-2H3. The number of ether oxygens (including phenoxy) is 3. The summed E-state index contributed by atoms with van der Waals surface area (Å²) in [5.41, 5.74) is -0.302. The van der Waals surface area contributed by atoms with Gasteiger partial charge in [0, 0.05) is 33.2 Å². The summed E-state index contributed by atoms with van der Waals surface area (Å²) in [5, 5.41) is 12.7. The first kappa shape index (κ1) is 15.4. The molecule has 2 N–H and O–H groups in total. The molecule has 0 bridgehead atoms. The number of rotatable bonds is 8. The van der Waals surface area contributed by atoms with Crippen molar-refractivity contribution >= 4 is 5.97 Å². The monoisotopic (exact) mass is 261 g/mol. The van der Waals surface area contributed by atoms with E-state index in [-0.39, 0.29) is 18.0 Å². The summed E-state index contributed by atoms with van der Waals surface area (Å²) in [7, 11) is 1.66. The van der Waals surface area contributed by atoms with E-state index in [9.17, 15) is 9.90 Å². The van der Waals surface area contributed by atoms with Crippen molar-refractivity contribution in [2.75, 3.05) is 40.0 Å². The second kappa shape index (κ2) is 7.68. The quantitative estimate of drug-likeness (QED) is 0.584. The van der Waals surface area contributed by atoms with Crippen molar-refractivity contribution in [3.05, 3.63) is 0 Å². The van der Waals surface area contributed by atoms with Crippen LogP contribution in [0.3, 0.4) is 0 Å². The van der Waals surface area contributed by atoms with E-state index in [2.05, 4.69) is 5.32 Å². The number of aliphatic hydroxyl groups is 1. The molecule has 0 saturated carbocycles. The van der Waals surface area contributed by atoms with Crippen molar-refractivity contribution in [1.82, 2.24) is 5.32 Å². The Morgan fingerprint density at radius 2 is 2.39 bits per heavy atom. The summed E-state index contributed by atoms with van der Waals surface area (Å²) in [6, 6.07) is 0. The van der Waals surface area contributed by atoms with Crippen molar-refractivity contribution in [2.24, 2.45) is 0 Å². The maximum absolute atomic E-state index is 11.1. The van der Waals surface area contributed by atoms with Crippen LogP contribution in [0.15, 0.2) is 0 Å². The minimum absolute atomic E-state index is 0.0112. The van der Waals surface area contributed by atoms with Crippen molar-refractivity contribution in [3.63, 3.8) is 0 Å². The molecule has 0 aromatic carbocycles. The highest BCUT2D eigenvalue weighted by Gasteiger charge is 2.34. The number of hydrogen-bond donors (Lipinski definition) is 2. The summed E-state index contributed by atoms with van der Waals surface area (Å²) in [6.45, 7) is 4.27. The molecule has 6 heteroatoms. The third-order valence-electron chi connectivity index (χ3n) is 3.03. The molecule has 1 fully saturated rings. The molecular weight excluding hydrogens is 238 g/mol. The lowest BCUT2D eigenvalue weighted by molar-refractivity contribution is -0.145. The van der Waals surface area contributed by atoms with Gasteiger partial charge in [0.25, 0.3) is 0 Å². The normalized spacial score (nSPS) is 25.1. The minimum atomic E-state index is -0.736. The molecule has 106 valence electrons. The highest BCUT2D eigenvalue weighted by atomic mass is 16.5. The average molecular weight is 261 g/mol. The van der Waals surface area contributed by atoms with Crippen molar-refractivity contribution in [1.29, 1.82) is 0 Å². The molecule has 6 nitrogen and oxygen atoms in total. The van der Waals surface area contributed by atoms with Crippen LogP contribution in [0, 0.1) is 0 Å². The molecule has 1 rings (SSSR count). The average Bonchev–Trinajstić information content (AvgIpc) is 2.78. The maximum atomic E-state index is 11.1. The lowest BCUT2D eigenvalue weighted by Gasteiger charge is -2.26. The first-order chi connectivity index (χ1) is 8.62. The maximum Gasteiger partial charge on any atom is 0.308 e. The number of hydrogen-bond acceptors (Lipinski definition) is 6. The van der Waals surface area contributed by atoms with Gasteiger partial charge in [-0.2, -0.15) is 0 Å². The molecule has 0 aromatic rings. The van der Waals surface area contributed by atoms with E-state index in [0.29, 0.717) is 32.9 Å². The van der Waals surface area contributed by atoms with Crippen LogP contribution in [0.2, 0.25) is 0 Å². The summed E-state index contributed by atoms with van der Waals surface area (Å²) in [6.07, 6.45) is 0.113. The fraction of sp³-hybridized carbons (Fsp3) is 0.917. The third-order valence-corrected chi connectivity index (χ3v) is 3.03. The van der Waals surface area contributed by atoms with Crippen molar-refractivity contribution in [3.8, 4) is 0 Å². The van der Waals surface area contributed by atoms with Crippen LogP contribution in [0.25, 0.3) is 0 Å². The molecule has 1 aliphatic heterocycles. The largest absolute Gasteiger partial charge is 0.466 e. The van der Waals surface area contributed by atoms with Gasteiger partial charge >= 0.3 is 5.97 Å². The van der Waals surface area contributed by atoms with E-state index in [1.807, 2.05) is 0 Å². The van der Waals surface area contributed by atoms with Gasteiger partial charge in [0.15, 0.2) is 0 Å². The van der Waals surface area contributed by atoms with E-state index < -0.39 is 6.10 Å². The van der Waals surface area contributed by atoms with E-state index in [4.69, 9.17) is 14.2 Å². The molecule has 1 heterocycles. The number of carbonyl (C=O) groups is 1. The zero-order chi connectivity index (χ0) is 13.4. The molecule has 0 aliphatic carbocycles. The summed E-state index contributed by atoms with van der Waals surface area (Å²) in [4.78, 5) is 11.1. The molecule has 1 aliphatic rings. The first-order valence-corrected chi connectivity index (χ1v) is 6.29. The molecule has 0 aromatic heterocycles. The van der Waals surface area contributed by atoms with Crippen LogP contribution in [-0.2, 0) is 19.0 Å². The number of carbonyl (C=O) groups excluding carboxylic acids is 1. The number of nitrogens with one attached hydrogen (secondary N) is 1. The smallest absolute Gasteiger partial charge is 0.308 e. The van der Waals surface area contributed by atoms with Gasteiger partial charge < -0.3 is 24.6 Å². The fourth-order valence-electron chi connectivity index (χ4n) is 1.91. The second-order valence-corrected chi connectivity index (χ2v) is 4.48. The predicted octanol–water partition coefficient (Wildman–Crippen LogP) is -0.304. The molecule has 2 atom stereocenters. The van der Waals surface area contributed by atoms with Gasteiger partial charge in [-0.3, -0.25) is 4.79 Å². The fourth-order valence-corrected chi connectivity index (χ4v) is 1.91. The molecule has 0 amide bonds. The molecular formula is C12H23NO5. The highest BCUT2D eigenvalue weighted by Crippen LogP contribution is 2.21. The van der Waals surface area contributed by atoms with Gasteiger partial charge in [-0.15, -0.1) is 0 Å². The summed E-state index contributed by atoms with van der Waals surface area (Å²) < 4.78 is 15.5. The molecule has 1 saturated heterocycles. The lowest BCUT2D eigenvalue weighted by Crippen LogP contribution is -2.45. The van der Waals surface area contributed by atoms with E-state index >= 15 is 0 Å². The molecule has 18 heavy (non-hydrogen) atoms. The molecule has 0 radical (unpaired) electrons. The Hall–Kier alpha value is -0.690. The van der Waals surface area contributed by atoms with Gasteiger partial charge in [0.05, 0.1) is 25.7 Å². The Bertz CT molecular complexity index is 253. The first-order valence-electron chi connectivity index (χ1n) is 6.29. The Morgan fingerprint density at radius 3 is 2.94 bits per heavy atom. The highest BCUT2D eigenvalue weighted by molar-refractivity contribution is 5.69. The van der Waals surface area contributed by atoms with E-state index in [0.717, 1.165) is 6.42 Å². The van der Waals surface area contributed by atoms with E-state index in [1.165, 1.54) is 0 Å². The number of aliphatic hydroxyl groups excluding tert-OH is 1. The lowest BCUT2D eigenvalue weighted by atomic mass is 10.0. The van der Waals surface area contributed by atoms with Crippen LogP contribution in [0.1, 0.15) is 19.8 Å². The molecule has 2 unspecified atom stereocenters. The number of methoxy groups -OCH3 is 1. The van der Waals surface area contributed by atoms with Crippen molar-refractivity contribution in [2.45, 2.75) is 31.5 Å². The summed E-state index contributed by atoms with van der Waals surface area (Å²) in [5.74, 6) is -0.377. The second-order valence-electron chi connectivity index (χ2n) is 4.48. The zero-order valence-electron chi connectivity index (χ0n) is 11.1. The Kier molecular flexibility index (Phi) is 6.56. The number of esters is 1. The third kappa shape index (κ3) is 4.89. The van der Waals surface area contributed by atoms with E-state index in [1.54, 1.807) is 14.0 Å². The topological polar surface area (TPSA) is 77.0 Å². The van der Waals surface area contributed by atoms with Gasteiger partial charge in [0.2, 0.25) is 0 Å². The van der Waals surface area contributed by atoms with Crippen LogP contribution in [0.4, 0.5) is 0 Å². The van der Waals surface area contributed by atoms with Gasteiger partial charge in [-0.05, 0) is 6.92 Å². The van der Waals surface area contributed by atoms with Gasteiger partial charge in [-0.25, -0.2) is 0 Å². The predicted molar refractivity (Wildman–Crippen MR) is 65.3 cm³/mol. The summed E-state index contributed by atoms with van der Waals surface area (Å²) >= 11 is 0.